The first kappa shape index (κ1) is 17.6. The van der Waals surface area contributed by atoms with Gasteiger partial charge in [0.15, 0.2) is 0 Å². The summed E-state index contributed by atoms with van der Waals surface area (Å²) in [4.78, 5) is 15.3. The van der Waals surface area contributed by atoms with Crippen LogP contribution in [0.4, 0.5) is 0 Å². The standard InChI is InChI=1S/C23H32N2O/c1-3-24-16-19(23-17(2)8-6-12-21(23)24)13-14-22(26)25-15-7-10-18-9-4-5-11-20(18)25/h6,8,12,16,18,20H,3-5,7,9-11,13-15H2,1-2H3. The second kappa shape index (κ2) is 7.46. The van der Waals surface area contributed by atoms with Crippen LogP contribution in [0.25, 0.3) is 10.9 Å². The molecule has 1 amide bonds. The van der Waals surface area contributed by atoms with Gasteiger partial charge in [-0.25, -0.2) is 0 Å². The molecule has 2 atom stereocenters. The fraction of sp³-hybridized carbons (Fsp3) is 0.609. The van der Waals surface area contributed by atoms with Crippen LogP contribution in [0, 0.1) is 12.8 Å². The molecular formula is C23H32N2O. The van der Waals surface area contributed by atoms with Crippen molar-refractivity contribution in [3.8, 4) is 0 Å². The van der Waals surface area contributed by atoms with Gasteiger partial charge in [0.2, 0.25) is 5.91 Å². The third-order valence-corrected chi connectivity index (χ3v) is 6.71. The molecule has 0 spiro atoms. The van der Waals surface area contributed by atoms with Gasteiger partial charge < -0.3 is 9.47 Å². The number of amides is 1. The first-order chi connectivity index (χ1) is 12.7. The predicted molar refractivity (Wildman–Crippen MR) is 107 cm³/mol. The van der Waals surface area contributed by atoms with Crippen LogP contribution in [0.15, 0.2) is 24.4 Å². The van der Waals surface area contributed by atoms with Crippen LogP contribution in [0.3, 0.4) is 0 Å². The molecule has 1 aromatic heterocycles. The van der Waals surface area contributed by atoms with E-state index in [4.69, 9.17) is 0 Å². The summed E-state index contributed by atoms with van der Waals surface area (Å²) in [6.45, 7) is 6.33. The minimum absolute atomic E-state index is 0.382. The van der Waals surface area contributed by atoms with Crippen molar-refractivity contribution in [2.45, 2.75) is 77.8 Å². The Morgan fingerprint density at radius 1 is 1.15 bits per heavy atom. The number of hydrogen-bond acceptors (Lipinski definition) is 1. The van der Waals surface area contributed by atoms with E-state index >= 15 is 0 Å². The molecule has 2 aromatic rings. The Balaban J connectivity index is 1.50. The molecule has 0 N–H and O–H groups in total. The molecule has 4 rings (SSSR count). The highest BCUT2D eigenvalue weighted by molar-refractivity contribution is 5.88. The molecule has 3 nitrogen and oxygen atoms in total. The average molecular weight is 353 g/mol. The number of carbonyl (C=O) groups excluding carboxylic acids is 1. The number of carbonyl (C=O) groups is 1. The fourth-order valence-corrected chi connectivity index (χ4v) is 5.40. The summed E-state index contributed by atoms with van der Waals surface area (Å²) in [5.41, 5.74) is 3.97. The van der Waals surface area contributed by atoms with E-state index in [9.17, 15) is 4.79 Å². The summed E-state index contributed by atoms with van der Waals surface area (Å²) in [7, 11) is 0. The Kier molecular flexibility index (Phi) is 5.06. The van der Waals surface area contributed by atoms with Crippen molar-refractivity contribution < 1.29 is 4.79 Å². The number of piperidine rings is 1. The molecule has 140 valence electrons. The monoisotopic (exact) mass is 352 g/mol. The van der Waals surface area contributed by atoms with Gasteiger partial charge in [-0.2, -0.15) is 0 Å². The lowest BCUT2D eigenvalue weighted by atomic mass is 9.78. The third-order valence-electron chi connectivity index (χ3n) is 6.71. The second-order valence-electron chi connectivity index (χ2n) is 8.25. The Hall–Kier alpha value is -1.77. The van der Waals surface area contributed by atoms with Crippen molar-refractivity contribution in [2.75, 3.05) is 6.54 Å². The molecular weight excluding hydrogens is 320 g/mol. The zero-order valence-corrected chi connectivity index (χ0v) is 16.3. The molecule has 2 heterocycles. The van der Waals surface area contributed by atoms with E-state index in [1.165, 1.54) is 60.6 Å². The third kappa shape index (κ3) is 3.17. The van der Waals surface area contributed by atoms with Crippen LogP contribution in [0.2, 0.25) is 0 Å². The van der Waals surface area contributed by atoms with Crippen LogP contribution in [-0.4, -0.2) is 28.0 Å². The summed E-state index contributed by atoms with van der Waals surface area (Å²) in [6.07, 6.45) is 11.5. The molecule has 0 radical (unpaired) electrons. The molecule has 1 aromatic carbocycles. The normalized spacial score (nSPS) is 23.2. The van der Waals surface area contributed by atoms with Crippen molar-refractivity contribution >= 4 is 16.8 Å². The summed E-state index contributed by atoms with van der Waals surface area (Å²) in [6, 6.07) is 7.05. The van der Waals surface area contributed by atoms with E-state index < -0.39 is 0 Å². The Bertz CT molecular complexity index is 789. The molecule has 2 fully saturated rings. The Morgan fingerprint density at radius 2 is 1.96 bits per heavy atom. The number of benzene rings is 1. The van der Waals surface area contributed by atoms with Gasteiger partial charge in [0, 0.05) is 42.7 Å². The number of aromatic nitrogens is 1. The lowest BCUT2D eigenvalue weighted by Crippen LogP contribution is -2.49. The SMILES string of the molecule is CCn1cc(CCC(=O)N2CCCC3CCCCC32)c2c(C)cccc21. The van der Waals surface area contributed by atoms with E-state index in [2.05, 4.69) is 47.7 Å². The van der Waals surface area contributed by atoms with Gasteiger partial charge in [0.1, 0.15) is 0 Å². The molecule has 1 aliphatic carbocycles. The molecule has 1 saturated heterocycles. The summed E-state index contributed by atoms with van der Waals surface area (Å²) < 4.78 is 2.32. The van der Waals surface area contributed by atoms with E-state index in [0.717, 1.165) is 25.4 Å². The zero-order valence-electron chi connectivity index (χ0n) is 16.3. The van der Waals surface area contributed by atoms with Crippen molar-refractivity contribution in [2.24, 2.45) is 5.92 Å². The van der Waals surface area contributed by atoms with Crippen molar-refractivity contribution in [1.82, 2.24) is 9.47 Å². The molecule has 1 saturated carbocycles. The fourth-order valence-electron chi connectivity index (χ4n) is 5.40. The average Bonchev–Trinajstić information content (AvgIpc) is 3.05. The first-order valence-electron chi connectivity index (χ1n) is 10.6. The van der Waals surface area contributed by atoms with E-state index in [1.54, 1.807) is 0 Å². The lowest BCUT2D eigenvalue weighted by Gasteiger charge is -2.44. The number of likely N-dealkylation sites (tertiary alicyclic amines) is 1. The van der Waals surface area contributed by atoms with Gasteiger partial charge in [-0.15, -0.1) is 0 Å². The van der Waals surface area contributed by atoms with Gasteiger partial charge in [-0.1, -0.05) is 25.0 Å². The highest BCUT2D eigenvalue weighted by Crippen LogP contribution is 2.35. The van der Waals surface area contributed by atoms with Crippen LogP contribution < -0.4 is 0 Å². The molecule has 3 heteroatoms. The van der Waals surface area contributed by atoms with Crippen LogP contribution in [0.5, 0.6) is 0 Å². The number of aryl methyl sites for hydroxylation is 3. The summed E-state index contributed by atoms with van der Waals surface area (Å²) >= 11 is 0. The van der Waals surface area contributed by atoms with Crippen LogP contribution in [0.1, 0.15) is 63.0 Å². The molecule has 2 unspecified atom stereocenters. The quantitative estimate of drug-likeness (QED) is 0.753. The maximum Gasteiger partial charge on any atom is 0.223 e. The minimum atomic E-state index is 0.382. The van der Waals surface area contributed by atoms with E-state index in [1.807, 2.05) is 0 Å². The lowest BCUT2D eigenvalue weighted by molar-refractivity contribution is -0.137. The number of rotatable bonds is 4. The van der Waals surface area contributed by atoms with Gasteiger partial charge in [0.25, 0.3) is 0 Å². The number of hydrogen-bond donors (Lipinski definition) is 0. The van der Waals surface area contributed by atoms with Gasteiger partial charge in [-0.3, -0.25) is 4.79 Å². The molecule has 2 aliphatic rings. The molecule has 26 heavy (non-hydrogen) atoms. The topological polar surface area (TPSA) is 25.2 Å². The van der Waals surface area contributed by atoms with Gasteiger partial charge >= 0.3 is 0 Å². The maximum atomic E-state index is 13.0. The highest BCUT2D eigenvalue weighted by Gasteiger charge is 2.35. The Labute approximate surface area is 157 Å². The molecule has 0 bridgehead atoms. The van der Waals surface area contributed by atoms with E-state index in [-0.39, 0.29) is 0 Å². The van der Waals surface area contributed by atoms with Crippen LogP contribution >= 0.6 is 0 Å². The van der Waals surface area contributed by atoms with Gasteiger partial charge in [0.05, 0.1) is 0 Å². The Morgan fingerprint density at radius 3 is 2.81 bits per heavy atom. The largest absolute Gasteiger partial charge is 0.347 e. The number of nitrogens with zero attached hydrogens (tertiary/aromatic N) is 2. The summed E-state index contributed by atoms with van der Waals surface area (Å²) in [5, 5.41) is 1.36. The van der Waals surface area contributed by atoms with Crippen molar-refractivity contribution in [1.29, 1.82) is 0 Å². The van der Waals surface area contributed by atoms with Crippen molar-refractivity contribution in [3.05, 3.63) is 35.5 Å². The maximum absolute atomic E-state index is 13.0. The zero-order chi connectivity index (χ0) is 18.1. The summed E-state index contributed by atoms with van der Waals surface area (Å²) in [5.74, 6) is 1.15. The molecule has 1 aliphatic heterocycles. The second-order valence-corrected chi connectivity index (χ2v) is 8.25. The highest BCUT2D eigenvalue weighted by atomic mass is 16.2. The van der Waals surface area contributed by atoms with Gasteiger partial charge in [-0.05, 0) is 69.1 Å². The van der Waals surface area contributed by atoms with Crippen LogP contribution in [-0.2, 0) is 17.8 Å². The van der Waals surface area contributed by atoms with E-state index in [0.29, 0.717) is 18.4 Å². The first-order valence-corrected chi connectivity index (χ1v) is 10.6. The van der Waals surface area contributed by atoms with Crippen molar-refractivity contribution in [3.63, 3.8) is 0 Å². The minimum Gasteiger partial charge on any atom is -0.347 e. The smallest absolute Gasteiger partial charge is 0.223 e. The predicted octanol–water partition coefficient (Wildman–Crippen LogP) is 5.08. The number of fused-ring (bicyclic) bond motifs is 2.